The number of allylic oxidation sites excluding steroid dienone is 3. The zero-order valence-corrected chi connectivity index (χ0v) is 30.1. The Morgan fingerprint density at radius 1 is 0.918 bits per heavy atom. The van der Waals surface area contributed by atoms with Crippen LogP contribution in [0, 0.1) is 6.92 Å². The summed E-state index contributed by atoms with van der Waals surface area (Å²) in [5.41, 5.74) is 7.23. The number of aryl methyl sites for hydroxylation is 1. The van der Waals surface area contributed by atoms with Crippen molar-refractivity contribution in [2.75, 3.05) is 68.3 Å². The molecule has 49 heavy (non-hydrogen) atoms. The highest BCUT2D eigenvalue weighted by atomic mass is 79.9. The second-order valence-electron chi connectivity index (χ2n) is 11.7. The summed E-state index contributed by atoms with van der Waals surface area (Å²) in [7, 11) is 0. The highest BCUT2D eigenvalue weighted by molar-refractivity contribution is 9.10. The molecule has 0 bridgehead atoms. The summed E-state index contributed by atoms with van der Waals surface area (Å²) < 4.78 is 20.7. The molecule has 1 aliphatic heterocycles. The first-order valence-electron chi connectivity index (χ1n) is 16.5. The monoisotopic (exact) mass is 746 g/mol. The van der Waals surface area contributed by atoms with Crippen LogP contribution in [0.3, 0.4) is 0 Å². The van der Waals surface area contributed by atoms with Gasteiger partial charge in [-0.15, -0.1) is 11.8 Å². The molecular formula is C38H41BrN3O6S+. The fraction of sp³-hybridized carbons (Fsp3) is 0.316. The van der Waals surface area contributed by atoms with E-state index in [0.29, 0.717) is 55.6 Å². The normalized spacial score (nSPS) is 16.1. The summed E-state index contributed by atoms with van der Waals surface area (Å²) >= 11 is 5.20. The fourth-order valence-electron chi connectivity index (χ4n) is 6.10. The van der Waals surface area contributed by atoms with Gasteiger partial charge in [-0.25, -0.2) is 0 Å². The van der Waals surface area contributed by atoms with E-state index in [1.807, 2.05) is 49.4 Å². The van der Waals surface area contributed by atoms with Gasteiger partial charge in [-0.05, 0) is 49.8 Å². The van der Waals surface area contributed by atoms with Crippen molar-refractivity contribution < 1.29 is 33.5 Å². The minimum absolute atomic E-state index is 0.0390. The van der Waals surface area contributed by atoms with Gasteiger partial charge in [-0.1, -0.05) is 52.3 Å². The molecule has 1 aromatic heterocycles. The molecule has 0 spiro atoms. The van der Waals surface area contributed by atoms with Crippen LogP contribution in [0.2, 0.25) is 0 Å². The number of hydrogen-bond donors (Lipinski definition) is 2. The van der Waals surface area contributed by atoms with Crippen LogP contribution in [-0.2, 0) is 20.8 Å². The third-order valence-electron chi connectivity index (χ3n) is 8.38. The number of aliphatic hydroxyl groups excluding tert-OH is 2. The number of carbonyl (C=O) groups is 1. The predicted octanol–water partition coefficient (Wildman–Crippen LogP) is 6.00. The van der Waals surface area contributed by atoms with Crippen molar-refractivity contribution in [1.29, 1.82) is 0 Å². The first kappa shape index (κ1) is 35.1. The quantitative estimate of drug-likeness (QED) is 0.0813. The van der Waals surface area contributed by atoms with Crippen LogP contribution >= 0.6 is 27.7 Å². The Labute approximate surface area is 299 Å². The van der Waals surface area contributed by atoms with E-state index >= 15 is 0 Å². The number of Topliss-reactive ketones (excluding diaryl/α,β-unsaturated/α-hetero) is 1. The smallest absolute Gasteiger partial charge is 0.375 e. The molecule has 3 aromatic carbocycles. The number of aromatic nitrogens is 1. The summed E-state index contributed by atoms with van der Waals surface area (Å²) in [5, 5.41) is 18.4. The average molecular weight is 748 g/mol. The third kappa shape index (κ3) is 7.72. The van der Waals surface area contributed by atoms with E-state index in [-0.39, 0.29) is 32.2 Å². The number of hydrogen-bond acceptors (Lipinski definition) is 9. The van der Waals surface area contributed by atoms with Gasteiger partial charge in [0.1, 0.15) is 5.82 Å². The number of anilines is 2. The van der Waals surface area contributed by atoms with E-state index in [1.165, 1.54) is 0 Å². The lowest BCUT2D eigenvalue weighted by Crippen LogP contribution is -2.36. The van der Waals surface area contributed by atoms with Gasteiger partial charge in [0, 0.05) is 51.0 Å². The molecule has 1 aliphatic carbocycles. The Balaban J connectivity index is 1.42. The molecule has 2 aliphatic rings. The van der Waals surface area contributed by atoms with Crippen molar-refractivity contribution in [3.63, 3.8) is 0 Å². The second kappa shape index (κ2) is 16.3. The third-order valence-corrected chi connectivity index (χ3v) is 9.98. The van der Waals surface area contributed by atoms with Crippen molar-refractivity contribution in [2.24, 2.45) is 0 Å². The lowest BCUT2D eigenvalue weighted by molar-refractivity contribution is -0.669. The van der Waals surface area contributed by atoms with Gasteiger partial charge in [0.05, 0.1) is 57.1 Å². The zero-order valence-electron chi connectivity index (χ0n) is 27.7. The van der Waals surface area contributed by atoms with Gasteiger partial charge in [0.25, 0.3) is 5.52 Å². The molecular weight excluding hydrogens is 706 g/mol. The predicted molar refractivity (Wildman–Crippen MR) is 198 cm³/mol. The largest absolute Gasteiger partial charge is 0.398 e. The number of nitrogens with zero attached hydrogens (tertiary/aromatic N) is 3. The van der Waals surface area contributed by atoms with E-state index in [0.717, 1.165) is 48.8 Å². The van der Waals surface area contributed by atoms with Gasteiger partial charge in [-0.2, -0.15) is 4.57 Å². The molecule has 256 valence electrons. The average Bonchev–Trinajstić information content (AvgIpc) is 3.59. The number of aliphatic hydroxyl groups is 2. The molecule has 4 aromatic rings. The van der Waals surface area contributed by atoms with Crippen LogP contribution in [0.25, 0.3) is 17.2 Å². The van der Waals surface area contributed by atoms with Crippen LogP contribution in [0.1, 0.15) is 23.9 Å². The Kier molecular flexibility index (Phi) is 11.7. The second-order valence-corrected chi connectivity index (χ2v) is 13.7. The SMILES string of the molecule is CCN1C(=CC2=C(SCCOCCO)C(=Cc3oc4cc(C)ccc4[n+]3Cc3ccccc3)C2=O)N(CCOCCO)c2ccc(Br)cc21. The van der Waals surface area contributed by atoms with E-state index in [2.05, 4.69) is 73.6 Å². The highest BCUT2D eigenvalue weighted by Gasteiger charge is 2.38. The molecule has 6 rings (SSSR count). The molecule has 9 nitrogen and oxygen atoms in total. The maximum atomic E-state index is 14.2. The van der Waals surface area contributed by atoms with Crippen LogP contribution in [0.5, 0.6) is 0 Å². The zero-order chi connectivity index (χ0) is 34.3. The fourth-order valence-corrected chi connectivity index (χ4v) is 7.47. The summed E-state index contributed by atoms with van der Waals surface area (Å²) in [5.74, 6) is 2.04. The lowest BCUT2D eigenvalue weighted by atomic mass is 9.89. The molecule has 0 fully saturated rings. The minimum Gasteiger partial charge on any atom is -0.398 e. The van der Waals surface area contributed by atoms with E-state index in [9.17, 15) is 15.0 Å². The van der Waals surface area contributed by atoms with Gasteiger partial charge in [0.2, 0.25) is 5.58 Å². The number of fused-ring (bicyclic) bond motifs is 2. The van der Waals surface area contributed by atoms with Crippen molar-refractivity contribution in [3.8, 4) is 0 Å². The van der Waals surface area contributed by atoms with Crippen molar-refractivity contribution in [2.45, 2.75) is 20.4 Å². The van der Waals surface area contributed by atoms with Crippen LogP contribution in [-0.4, -0.2) is 74.5 Å². The van der Waals surface area contributed by atoms with E-state index in [1.54, 1.807) is 11.8 Å². The van der Waals surface area contributed by atoms with Gasteiger partial charge in [0.15, 0.2) is 12.3 Å². The maximum absolute atomic E-state index is 14.2. The first-order chi connectivity index (χ1) is 23.9. The number of thioether (sulfide) groups is 1. The Hall–Kier alpha value is -3.71. The summed E-state index contributed by atoms with van der Waals surface area (Å²) in [6, 6.07) is 22.5. The van der Waals surface area contributed by atoms with Crippen molar-refractivity contribution in [3.05, 3.63) is 116 Å². The van der Waals surface area contributed by atoms with Crippen molar-refractivity contribution in [1.82, 2.24) is 0 Å². The summed E-state index contributed by atoms with van der Waals surface area (Å²) in [6.07, 6.45) is 3.86. The number of ketones is 1. The molecule has 0 amide bonds. The minimum atomic E-state index is -0.0566. The summed E-state index contributed by atoms with van der Waals surface area (Å²) in [6.45, 7) is 7.28. The number of rotatable bonds is 16. The molecule has 11 heteroatoms. The Morgan fingerprint density at radius 3 is 2.45 bits per heavy atom. The molecule has 0 unspecified atom stereocenters. The highest BCUT2D eigenvalue weighted by Crippen LogP contribution is 2.46. The number of benzene rings is 3. The molecule has 0 radical (unpaired) electrons. The van der Waals surface area contributed by atoms with Crippen LogP contribution in [0.4, 0.5) is 11.4 Å². The molecule has 0 atom stereocenters. The van der Waals surface area contributed by atoms with E-state index in [4.69, 9.17) is 13.9 Å². The first-order valence-corrected chi connectivity index (χ1v) is 18.3. The Bertz CT molecular complexity index is 1900. The number of halogens is 1. The number of carbonyl (C=O) groups excluding carboxylic acids is 1. The maximum Gasteiger partial charge on any atom is 0.375 e. The summed E-state index contributed by atoms with van der Waals surface area (Å²) in [4.78, 5) is 19.4. The Morgan fingerprint density at radius 2 is 1.69 bits per heavy atom. The molecule has 0 saturated heterocycles. The number of ether oxygens (including phenoxy) is 2. The van der Waals surface area contributed by atoms with Gasteiger partial charge < -0.3 is 33.9 Å². The van der Waals surface area contributed by atoms with Gasteiger partial charge in [-0.3, -0.25) is 4.79 Å². The van der Waals surface area contributed by atoms with Crippen LogP contribution in [0.15, 0.2) is 104 Å². The topological polar surface area (TPSA) is 99.5 Å². The lowest BCUT2D eigenvalue weighted by Gasteiger charge is -2.28. The molecule has 2 N–H and O–H groups in total. The standard InChI is InChI=1S/C38H41BrN3O6S/c1-3-40-33-22-28(39)10-12-31(33)41(13-16-46-17-14-43)35(40)23-29-37(45)30(38(29)49-20-19-47-18-15-44)24-36-42(25-27-7-5-4-6-8-27)32-11-9-26(2)21-34(32)48-36/h4-12,21-24,43-44H,3,13-20,25H2,1-2H3/q+1. The number of oxazole rings is 1. The van der Waals surface area contributed by atoms with Crippen molar-refractivity contribution >= 4 is 62.0 Å². The van der Waals surface area contributed by atoms with Crippen LogP contribution < -0.4 is 14.4 Å². The van der Waals surface area contributed by atoms with Gasteiger partial charge >= 0.3 is 5.89 Å². The molecule has 0 saturated carbocycles. The molecule has 2 heterocycles. The van der Waals surface area contributed by atoms with E-state index < -0.39 is 0 Å².